The minimum absolute atomic E-state index is 0.120. The van der Waals surface area contributed by atoms with Gasteiger partial charge in [0.05, 0.1) is 13.0 Å². The molecule has 1 fully saturated rings. The molecule has 3 nitrogen and oxygen atoms in total. The highest BCUT2D eigenvalue weighted by Gasteiger charge is 2.34. The molecule has 0 spiro atoms. The predicted molar refractivity (Wildman–Crippen MR) is 66.8 cm³/mol. The van der Waals surface area contributed by atoms with Crippen molar-refractivity contribution in [3.05, 3.63) is 35.6 Å². The van der Waals surface area contributed by atoms with Crippen molar-refractivity contribution in [1.82, 2.24) is 4.90 Å². The van der Waals surface area contributed by atoms with E-state index in [1.165, 1.54) is 19.2 Å². The van der Waals surface area contributed by atoms with Gasteiger partial charge in [-0.2, -0.15) is 0 Å². The number of methoxy groups -OCH3 is 1. The summed E-state index contributed by atoms with van der Waals surface area (Å²) in [5, 5.41) is 0. The predicted octanol–water partition coefficient (Wildman–Crippen LogP) is 2.03. The molecular formula is C14H18FNO2. The van der Waals surface area contributed by atoms with Crippen LogP contribution in [0.3, 0.4) is 0 Å². The summed E-state index contributed by atoms with van der Waals surface area (Å²) in [6.07, 6.45) is 0.891. The van der Waals surface area contributed by atoms with Gasteiger partial charge in [-0.05, 0) is 43.6 Å². The van der Waals surface area contributed by atoms with Crippen LogP contribution >= 0.6 is 0 Å². The molecular weight excluding hydrogens is 233 g/mol. The molecule has 1 aromatic rings. The van der Waals surface area contributed by atoms with E-state index >= 15 is 0 Å². The van der Waals surface area contributed by atoms with Crippen LogP contribution in [0.25, 0.3) is 0 Å². The lowest BCUT2D eigenvalue weighted by Crippen LogP contribution is -2.41. The van der Waals surface area contributed by atoms with Crippen molar-refractivity contribution in [2.75, 3.05) is 27.2 Å². The molecule has 4 heteroatoms. The van der Waals surface area contributed by atoms with Crippen LogP contribution < -0.4 is 0 Å². The third-order valence-electron chi connectivity index (χ3n) is 3.62. The second-order valence-electron chi connectivity index (χ2n) is 4.84. The van der Waals surface area contributed by atoms with E-state index in [2.05, 4.69) is 4.90 Å². The molecule has 2 rings (SSSR count). The van der Waals surface area contributed by atoms with Crippen molar-refractivity contribution in [1.29, 1.82) is 0 Å². The first-order valence-corrected chi connectivity index (χ1v) is 6.13. The third-order valence-corrected chi connectivity index (χ3v) is 3.62. The van der Waals surface area contributed by atoms with E-state index < -0.39 is 0 Å². The Hall–Kier alpha value is -1.42. The Bertz CT molecular complexity index is 418. The zero-order valence-electron chi connectivity index (χ0n) is 10.7. The molecule has 0 N–H and O–H groups in total. The molecule has 1 aliphatic heterocycles. The largest absolute Gasteiger partial charge is 0.469 e. The lowest BCUT2D eigenvalue weighted by molar-refractivity contribution is -0.148. The van der Waals surface area contributed by atoms with Crippen molar-refractivity contribution < 1.29 is 13.9 Å². The van der Waals surface area contributed by atoms with Crippen molar-refractivity contribution >= 4 is 5.97 Å². The summed E-state index contributed by atoms with van der Waals surface area (Å²) in [5.41, 5.74) is 1.01. The zero-order chi connectivity index (χ0) is 13.1. The van der Waals surface area contributed by atoms with Gasteiger partial charge in [0.25, 0.3) is 0 Å². The lowest BCUT2D eigenvalue weighted by atomic mass is 9.80. The molecule has 1 saturated heterocycles. The first-order chi connectivity index (χ1) is 8.61. The van der Waals surface area contributed by atoms with Crippen LogP contribution in [-0.2, 0) is 9.53 Å². The van der Waals surface area contributed by atoms with Crippen LogP contribution in [0, 0.1) is 11.7 Å². The fourth-order valence-corrected chi connectivity index (χ4v) is 2.61. The van der Waals surface area contributed by atoms with Crippen molar-refractivity contribution in [2.24, 2.45) is 5.92 Å². The maximum atomic E-state index is 12.9. The van der Waals surface area contributed by atoms with Crippen molar-refractivity contribution in [3.8, 4) is 0 Å². The third kappa shape index (κ3) is 2.70. The molecule has 1 heterocycles. The Morgan fingerprint density at radius 3 is 2.67 bits per heavy atom. The Balaban J connectivity index is 2.23. The van der Waals surface area contributed by atoms with Gasteiger partial charge < -0.3 is 9.64 Å². The highest BCUT2D eigenvalue weighted by Crippen LogP contribution is 2.33. The van der Waals surface area contributed by atoms with Crippen LogP contribution in [0.15, 0.2) is 24.3 Å². The van der Waals surface area contributed by atoms with Gasteiger partial charge in [-0.3, -0.25) is 4.79 Å². The van der Waals surface area contributed by atoms with E-state index in [0.29, 0.717) is 6.54 Å². The van der Waals surface area contributed by atoms with E-state index in [1.54, 1.807) is 12.1 Å². The van der Waals surface area contributed by atoms with Gasteiger partial charge in [-0.25, -0.2) is 4.39 Å². The smallest absolute Gasteiger partial charge is 0.310 e. The average Bonchev–Trinajstić information content (AvgIpc) is 2.39. The fourth-order valence-electron chi connectivity index (χ4n) is 2.61. The van der Waals surface area contributed by atoms with Crippen LogP contribution in [0.5, 0.6) is 0 Å². The summed E-state index contributed by atoms with van der Waals surface area (Å²) in [6, 6.07) is 6.42. The number of ether oxygens (including phenoxy) is 1. The highest BCUT2D eigenvalue weighted by atomic mass is 19.1. The minimum atomic E-state index is -0.249. The molecule has 0 aliphatic carbocycles. The number of benzene rings is 1. The summed E-state index contributed by atoms with van der Waals surface area (Å²) in [6.45, 7) is 1.63. The Morgan fingerprint density at radius 2 is 2.06 bits per heavy atom. The number of nitrogens with zero attached hydrogens (tertiary/aromatic N) is 1. The SMILES string of the molecule is COC(=O)[C@@H]1CN(C)CC[C@H]1c1ccc(F)cc1. The van der Waals surface area contributed by atoms with E-state index in [0.717, 1.165) is 18.5 Å². The zero-order valence-corrected chi connectivity index (χ0v) is 10.7. The van der Waals surface area contributed by atoms with Crippen LogP contribution in [0.1, 0.15) is 17.9 Å². The van der Waals surface area contributed by atoms with Gasteiger partial charge >= 0.3 is 5.97 Å². The number of hydrogen-bond donors (Lipinski definition) is 0. The minimum Gasteiger partial charge on any atom is -0.469 e. The highest BCUT2D eigenvalue weighted by molar-refractivity contribution is 5.74. The molecule has 0 bridgehead atoms. The maximum absolute atomic E-state index is 12.9. The molecule has 98 valence electrons. The number of likely N-dealkylation sites (tertiary alicyclic amines) is 1. The number of carbonyl (C=O) groups is 1. The molecule has 1 aromatic carbocycles. The molecule has 18 heavy (non-hydrogen) atoms. The number of hydrogen-bond acceptors (Lipinski definition) is 3. The topological polar surface area (TPSA) is 29.5 Å². The number of carbonyl (C=O) groups excluding carboxylic acids is 1. The molecule has 1 aliphatic rings. The number of esters is 1. The van der Waals surface area contributed by atoms with E-state index in [1.807, 2.05) is 7.05 Å². The first-order valence-electron chi connectivity index (χ1n) is 6.13. The first kappa shape index (κ1) is 13.0. The number of rotatable bonds is 2. The number of halogens is 1. The standard InChI is InChI=1S/C14H18FNO2/c1-16-8-7-12(13(9-16)14(17)18-2)10-3-5-11(15)6-4-10/h3-6,12-13H,7-9H2,1-2H3/t12-,13+/m0/s1. The van der Waals surface area contributed by atoms with Gasteiger partial charge in [-0.1, -0.05) is 12.1 Å². The van der Waals surface area contributed by atoms with Gasteiger partial charge in [0.2, 0.25) is 0 Å². The molecule has 0 aromatic heterocycles. The van der Waals surface area contributed by atoms with E-state index in [4.69, 9.17) is 4.74 Å². The van der Waals surface area contributed by atoms with Crippen LogP contribution in [-0.4, -0.2) is 38.1 Å². The van der Waals surface area contributed by atoms with Crippen LogP contribution in [0.2, 0.25) is 0 Å². The second-order valence-corrected chi connectivity index (χ2v) is 4.84. The molecule has 0 saturated carbocycles. The quantitative estimate of drug-likeness (QED) is 0.753. The maximum Gasteiger partial charge on any atom is 0.310 e. The Labute approximate surface area is 107 Å². The summed E-state index contributed by atoms with van der Waals surface area (Å²) in [7, 11) is 3.41. The van der Waals surface area contributed by atoms with Crippen molar-refractivity contribution in [2.45, 2.75) is 12.3 Å². The molecule has 0 radical (unpaired) electrons. The van der Waals surface area contributed by atoms with Gasteiger partial charge in [0.1, 0.15) is 5.82 Å². The summed E-state index contributed by atoms with van der Waals surface area (Å²) in [4.78, 5) is 14.0. The van der Waals surface area contributed by atoms with Gasteiger partial charge in [-0.15, -0.1) is 0 Å². The summed E-state index contributed by atoms with van der Waals surface area (Å²) >= 11 is 0. The normalized spacial score (nSPS) is 24.8. The number of piperidine rings is 1. The molecule has 2 atom stereocenters. The molecule has 0 unspecified atom stereocenters. The molecule has 0 amide bonds. The lowest BCUT2D eigenvalue weighted by Gasteiger charge is -2.35. The van der Waals surface area contributed by atoms with Crippen molar-refractivity contribution in [3.63, 3.8) is 0 Å². The Morgan fingerprint density at radius 1 is 1.39 bits per heavy atom. The second kappa shape index (κ2) is 5.48. The average molecular weight is 251 g/mol. The fraction of sp³-hybridized carbons (Fsp3) is 0.500. The van der Waals surface area contributed by atoms with Crippen LogP contribution in [0.4, 0.5) is 4.39 Å². The van der Waals surface area contributed by atoms with E-state index in [9.17, 15) is 9.18 Å². The summed E-state index contributed by atoms with van der Waals surface area (Å²) in [5.74, 6) is -0.481. The monoisotopic (exact) mass is 251 g/mol. The summed E-state index contributed by atoms with van der Waals surface area (Å²) < 4.78 is 17.8. The van der Waals surface area contributed by atoms with Gasteiger partial charge in [0.15, 0.2) is 0 Å². The van der Waals surface area contributed by atoms with Gasteiger partial charge in [0, 0.05) is 6.54 Å². The van der Waals surface area contributed by atoms with E-state index in [-0.39, 0.29) is 23.6 Å². The Kier molecular flexibility index (Phi) is 3.97.